The molecule has 1 aromatic carbocycles. The zero-order valence-corrected chi connectivity index (χ0v) is 17.1. The number of ketones is 1. The van der Waals surface area contributed by atoms with Crippen LogP contribution in [0.4, 0.5) is 5.69 Å². The third kappa shape index (κ3) is 3.18. The van der Waals surface area contributed by atoms with Crippen LogP contribution in [0.15, 0.2) is 41.5 Å². The number of nitrogens with one attached hydrogen (secondary N) is 1. The third-order valence-electron chi connectivity index (χ3n) is 4.50. The van der Waals surface area contributed by atoms with Crippen LogP contribution in [0.2, 0.25) is 5.02 Å². The van der Waals surface area contributed by atoms with Crippen molar-refractivity contribution >= 4 is 56.8 Å². The molecule has 8 nitrogen and oxygen atoms in total. The summed E-state index contributed by atoms with van der Waals surface area (Å²) in [6.07, 6.45) is 3.08. The Morgan fingerprint density at radius 1 is 1.31 bits per heavy atom. The van der Waals surface area contributed by atoms with Gasteiger partial charge in [0.15, 0.2) is 17.1 Å². The van der Waals surface area contributed by atoms with Gasteiger partial charge in [-0.25, -0.2) is 0 Å². The number of pyridine rings is 1. The lowest BCUT2D eigenvalue weighted by molar-refractivity contribution is 0.101. The van der Waals surface area contributed by atoms with Gasteiger partial charge in [0.2, 0.25) is 0 Å². The van der Waals surface area contributed by atoms with Gasteiger partial charge in [-0.15, -0.1) is 5.10 Å². The second kappa shape index (κ2) is 7.34. The number of hydrogen-bond donors (Lipinski definition) is 1. The predicted molar refractivity (Wildman–Crippen MR) is 115 cm³/mol. The zero-order chi connectivity index (χ0) is 20.7. The molecule has 146 valence electrons. The maximum absolute atomic E-state index is 13.1. The van der Waals surface area contributed by atoms with E-state index in [0.29, 0.717) is 45.1 Å². The number of thiocarbonyl (C=S) groups is 1. The van der Waals surface area contributed by atoms with Crippen LogP contribution in [0.3, 0.4) is 0 Å². The summed E-state index contributed by atoms with van der Waals surface area (Å²) in [5.74, 6) is -0.173. The molecule has 0 aliphatic rings. The van der Waals surface area contributed by atoms with E-state index in [9.17, 15) is 9.59 Å². The fourth-order valence-electron chi connectivity index (χ4n) is 3.25. The number of Topliss-reactive ketones (excluding diaryl/α,β-unsaturated/α-hetero) is 1. The molecule has 0 fully saturated rings. The van der Waals surface area contributed by atoms with Gasteiger partial charge in [0.05, 0.1) is 27.8 Å². The van der Waals surface area contributed by atoms with Crippen molar-refractivity contribution in [2.24, 2.45) is 0 Å². The number of hydrogen-bond acceptors (Lipinski definition) is 6. The summed E-state index contributed by atoms with van der Waals surface area (Å²) in [5.41, 5.74) is 1.87. The Kier molecular flexibility index (Phi) is 4.85. The van der Waals surface area contributed by atoms with Gasteiger partial charge in [0.1, 0.15) is 4.99 Å². The summed E-state index contributed by atoms with van der Waals surface area (Å²) in [5, 5.41) is 12.3. The predicted octanol–water partition coefficient (Wildman–Crippen LogP) is 3.10. The molecule has 0 unspecified atom stereocenters. The highest BCUT2D eigenvalue weighted by Crippen LogP contribution is 2.21. The van der Waals surface area contributed by atoms with Crippen LogP contribution in [-0.2, 0) is 6.54 Å². The fraction of sp³-hybridized carbons (Fsp3) is 0.158. The van der Waals surface area contributed by atoms with Crippen LogP contribution >= 0.6 is 23.8 Å². The van der Waals surface area contributed by atoms with Gasteiger partial charge in [-0.1, -0.05) is 35.1 Å². The normalized spacial score (nSPS) is 11.1. The number of carbonyl (C=O) groups is 1. The van der Waals surface area contributed by atoms with E-state index in [2.05, 4.69) is 20.6 Å². The van der Waals surface area contributed by atoms with Crippen LogP contribution < -0.4 is 10.9 Å². The number of carbonyl (C=O) groups excluding carboxylic acids is 1. The first-order valence-electron chi connectivity index (χ1n) is 8.76. The standard InChI is InChI=1S/C19H15ClN6O2S/c1-3-25-18-15(17(29)22-12-7-11(20)8-21-9-12)23-24-26(18)16-13(10(2)27)5-4-6-14(16)19(25)28/h4-9H,3H2,1-2H3,(H,22,29). The van der Waals surface area contributed by atoms with Gasteiger partial charge in [-0.05, 0) is 32.0 Å². The minimum atomic E-state index is -0.242. The minimum Gasteiger partial charge on any atom is -0.343 e. The highest BCUT2D eigenvalue weighted by Gasteiger charge is 2.22. The molecule has 3 aromatic heterocycles. The number of rotatable bonds is 4. The number of para-hydroxylation sites is 1. The van der Waals surface area contributed by atoms with Gasteiger partial charge < -0.3 is 5.32 Å². The largest absolute Gasteiger partial charge is 0.343 e. The van der Waals surface area contributed by atoms with Crippen molar-refractivity contribution < 1.29 is 4.79 Å². The number of anilines is 1. The smallest absolute Gasteiger partial charge is 0.261 e. The Balaban J connectivity index is 1.99. The molecule has 0 bridgehead atoms. The van der Waals surface area contributed by atoms with Crippen molar-refractivity contribution in [3.8, 4) is 0 Å². The van der Waals surface area contributed by atoms with E-state index in [4.69, 9.17) is 23.8 Å². The van der Waals surface area contributed by atoms with Crippen molar-refractivity contribution in [3.05, 3.63) is 63.3 Å². The van der Waals surface area contributed by atoms with E-state index in [1.54, 1.807) is 30.5 Å². The molecule has 0 radical (unpaired) electrons. The molecule has 0 saturated heterocycles. The molecule has 0 amide bonds. The molecule has 4 rings (SSSR count). The maximum atomic E-state index is 13.1. The zero-order valence-electron chi connectivity index (χ0n) is 15.5. The van der Waals surface area contributed by atoms with Crippen molar-refractivity contribution in [3.63, 3.8) is 0 Å². The van der Waals surface area contributed by atoms with E-state index in [-0.39, 0.29) is 16.3 Å². The summed E-state index contributed by atoms with van der Waals surface area (Å²) in [4.78, 5) is 29.5. The molecule has 29 heavy (non-hydrogen) atoms. The molecule has 0 atom stereocenters. The van der Waals surface area contributed by atoms with Crippen molar-refractivity contribution in [2.75, 3.05) is 5.32 Å². The van der Waals surface area contributed by atoms with E-state index in [0.717, 1.165) is 0 Å². The van der Waals surface area contributed by atoms with Gasteiger partial charge in [-0.3, -0.25) is 19.1 Å². The van der Waals surface area contributed by atoms with Gasteiger partial charge >= 0.3 is 0 Å². The Labute approximate surface area is 175 Å². The second-order valence-corrected chi connectivity index (χ2v) is 7.17. The van der Waals surface area contributed by atoms with Gasteiger partial charge in [0, 0.05) is 18.3 Å². The minimum absolute atomic E-state index is 0.173. The quantitative estimate of drug-likeness (QED) is 0.395. The SMILES string of the molecule is CCn1c(=O)c2cccc(C(C)=O)c2n2nnc(C(=S)Nc3cncc(Cl)c3)c12. The Morgan fingerprint density at radius 3 is 2.79 bits per heavy atom. The number of aryl methyl sites for hydroxylation is 1. The van der Waals surface area contributed by atoms with E-state index in [1.165, 1.54) is 22.2 Å². The fourth-order valence-corrected chi connectivity index (χ4v) is 3.67. The third-order valence-corrected chi connectivity index (χ3v) is 5.00. The maximum Gasteiger partial charge on any atom is 0.261 e. The molecule has 0 aliphatic carbocycles. The van der Waals surface area contributed by atoms with Crippen molar-refractivity contribution in [2.45, 2.75) is 20.4 Å². The number of fused-ring (bicyclic) bond motifs is 3. The average molecular weight is 427 g/mol. The summed E-state index contributed by atoms with van der Waals surface area (Å²) >= 11 is 11.5. The molecule has 10 heteroatoms. The molecule has 4 aromatic rings. The molecule has 0 aliphatic heterocycles. The molecule has 1 N–H and O–H groups in total. The Hall–Kier alpha value is -3.17. The Morgan fingerprint density at radius 2 is 2.10 bits per heavy atom. The first-order chi connectivity index (χ1) is 13.9. The van der Waals surface area contributed by atoms with Crippen LogP contribution in [0.5, 0.6) is 0 Å². The molecule has 0 spiro atoms. The van der Waals surface area contributed by atoms with E-state index in [1.807, 2.05) is 6.92 Å². The molecule has 0 saturated carbocycles. The Bertz CT molecular complexity index is 1360. The van der Waals surface area contributed by atoms with Crippen molar-refractivity contribution in [1.29, 1.82) is 0 Å². The van der Waals surface area contributed by atoms with Crippen LogP contribution in [0.1, 0.15) is 29.9 Å². The lowest BCUT2D eigenvalue weighted by Gasteiger charge is -2.12. The van der Waals surface area contributed by atoms with Gasteiger partial charge in [-0.2, -0.15) is 4.52 Å². The second-order valence-electron chi connectivity index (χ2n) is 6.33. The number of nitrogens with zero attached hydrogens (tertiary/aromatic N) is 5. The van der Waals surface area contributed by atoms with Gasteiger partial charge in [0.25, 0.3) is 5.56 Å². The molecular weight excluding hydrogens is 412 g/mol. The number of aromatic nitrogens is 5. The van der Waals surface area contributed by atoms with E-state index >= 15 is 0 Å². The van der Waals surface area contributed by atoms with E-state index < -0.39 is 0 Å². The van der Waals surface area contributed by atoms with Crippen LogP contribution in [0.25, 0.3) is 16.6 Å². The lowest BCUT2D eigenvalue weighted by Crippen LogP contribution is -2.25. The lowest BCUT2D eigenvalue weighted by atomic mass is 10.1. The summed E-state index contributed by atoms with van der Waals surface area (Å²) in [6, 6.07) is 6.69. The average Bonchev–Trinajstić information content (AvgIpc) is 3.13. The highest BCUT2D eigenvalue weighted by molar-refractivity contribution is 7.81. The van der Waals surface area contributed by atoms with Crippen LogP contribution in [-0.4, -0.2) is 35.2 Å². The topological polar surface area (TPSA) is 94.2 Å². The highest BCUT2D eigenvalue weighted by atomic mass is 35.5. The summed E-state index contributed by atoms with van der Waals surface area (Å²) < 4.78 is 3.03. The monoisotopic (exact) mass is 426 g/mol. The van der Waals surface area contributed by atoms with Crippen LogP contribution in [0, 0.1) is 0 Å². The summed E-state index contributed by atoms with van der Waals surface area (Å²) in [7, 11) is 0. The number of halogens is 1. The molecule has 3 heterocycles. The molecular formula is C19H15ClN6O2S. The summed E-state index contributed by atoms with van der Waals surface area (Å²) in [6.45, 7) is 3.67. The first-order valence-corrected chi connectivity index (χ1v) is 9.54. The number of benzene rings is 1. The van der Waals surface area contributed by atoms with Crippen molar-refractivity contribution in [1.82, 2.24) is 24.4 Å². The first kappa shape index (κ1) is 19.2.